The fourth-order valence-corrected chi connectivity index (χ4v) is 6.13. The highest BCUT2D eigenvalue weighted by molar-refractivity contribution is 7.22. The van der Waals surface area contributed by atoms with E-state index in [-0.39, 0.29) is 5.56 Å². The Morgan fingerprint density at radius 1 is 1.16 bits per heavy atom. The van der Waals surface area contributed by atoms with E-state index in [1.807, 2.05) is 24.3 Å². The molecule has 2 aromatic carbocycles. The number of rotatable bonds is 8. The zero-order valence-electron chi connectivity index (χ0n) is 21.4. The van der Waals surface area contributed by atoms with Crippen molar-refractivity contribution in [2.24, 2.45) is 0 Å². The van der Waals surface area contributed by atoms with Crippen molar-refractivity contribution in [1.29, 1.82) is 0 Å². The maximum atomic E-state index is 14.6. The van der Waals surface area contributed by atoms with Crippen LogP contribution >= 0.6 is 11.3 Å². The summed E-state index contributed by atoms with van der Waals surface area (Å²) >= 11 is 1.40. The van der Waals surface area contributed by atoms with Gasteiger partial charge in [-0.05, 0) is 43.5 Å². The molecule has 0 amide bonds. The molecule has 1 saturated carbocycles. The van der Waals surface area contributed by atoms with Crippen molar-refractivity contribution in [2.75, 3.05) is 51.8 Å². The number of para-hydroxylation sites is 1. The molecule has 0 unspecified atom stereocenters. The fraction of sp³-hybridized carbons (Fsp3) is 0.393. The van der Waals surface area contributed by atoms with Crippen LogP contribution in [0.25, 0.3) is 21.5 Å². The normalized spacial score (nSPS) is 16.2. The van der Waals surface area contributed by atoms with Gasteiger partial charge in [0.1, 0.15) is 22.7 Å². The number of ether oxygens (including phenoxy) is 2. The molecule has 1 saturated heterocycles. The number of piperazine rings is 1. The highest BCUT2D eigenvalue weighted by Crippen LogP contribution is 2.45. The van der Waals surface area contributed by atoms with E-state index in [4.69, 9.17) is 14.0 Å². The average Bonchev–Trinajstić information content (AvgIpc) is 3.56. The summed E-state index contributed by atoms with van der Waals surface area (Å²) in [6, 6.07) is 10.8. The van der Waals surface area contributed by atoms with Gasteiger partial charge in [-0.2, -0.15) is 0 Å². The summed E-state index contributed by atoms with van der Waals surface area (Å²) in [5, 5.41) is 5.25. The Morgan fingerprint density at radius 3 is 2.68 bits per heavy atom. The predicted molar refractivity (Wildman–Crippen MR) is 144 cm³/mol. The summed E-state index contributed by atoms with van der Waals surface area (Å²) in [5.74, 6) is 1.23. The van der Waals surface area contributed by atoms with Gasteiger partial charge in [0.25, 0.3) is 0 Å². The Balaban J connectivity index is 1.14. The van der Waals surface area contributed by atoms with Crippen molar-refractivity contribution in [1.82, 2.24) is 15.0 Å². The van der Waals surface area contributed by atoms with Crippen LogP contribution in [0.5, 0.6) is 5.75 Å². The van der Waals surface area contributed by atoms with Crippen LogP contribution in [0.2, 0.25) is 0 Å². The van der Waals surface area contributed by atoms with Crippen LogP contribution in [0.15, 0.2) is 40.9 Å². The number of carbonyl (C=O) groups excluding carboxylic acids is 1. The standard InChI is InChI=1S/C28H29FN4O4S/c1-35-22-6-4-3-5-19(22)24-20(26(37-31-24)17-7-8-17)9-10-32-11-13-33(14-12-32)28-30-25-21(29)15-18(27(34)36-2)16-23(25)38-28/h3-6,15-17H,7-14H2,1-2H3. The third-order valence-corrected chi connectivity index (χ3v) is 8.37. The maximum absolute atomic E-state index is 14.6. The molecule has 3 heterocycles. The summed E-state index contributed by atoms with van der Waals surface area (Å²) in [4.78, 5) is 21.0. The number of anilines is 1. The van der Waals surface area contributed by atoms with E-state index in [1.165, 1.54) is 30.1 Å². The van der Waals surface area contributed by atoms with Crippen molar-refractivity contribution in [3.63, 3.8) is 0 Å². The Hall–Kier alpha value is -3.50. The lowest BCUT2D eigenvalue weighted by Crippen LogP contribution is -2.47. The second-order valence-corrected chi connectivity index (χ2v) is 10.7. The topological polar surface area (TPSA) is 80.9 Å². The minimum atomic E-state index is -0.555. The largest absolute Gasteiger partial charge is 0.496 e. The lowest BCUT2D eigenvalue weighted by molar-refractivity contribution is 0.0600. The molecule has 2 aliphatic rings. The van der Waals surface area contributed by atoms with E-state index in [1.54, 1.807) is 13.2 Å². The van der Waals surface area contributed by atoms with Gasteiger partial charge in [-0.3, -0.25) is 4.90 Å². The van der Waals surface area contributed by atoms with Crippen LogP contribution in [0.3, 0.4) is 0 Å². The van der Waals surface area contributed by atoms with Gasteiger partial charge >= 0.3 is 5.97 Å². The average molecular weight is 537 g/mol. The minimum absolute atomic E-state index is 0.198. The lowest BCUT2D eigenvalue weighted by Gasteiger charge is -2.34. The molecule has 2 fully saturated rings. The Labute approximate surface area is 223 Å². The Bertz CT molecular complexity index is 1470. The first-order valence-electron chi connectivity index (χ1n) is 12.8. The fourth-order valence-electron chi connectivity index (χ4n) is 5.06. The smallest absolute Gasteiger partial charge is 0.338 e. The lowest BCUT2D eigenvalue weighted by atomic mass is 10.0. The van der Waals surface area contributed by atoms with Crippen molar-refractivity contribution in [3.05, 3.63) is 59.1 Å². The van der Waals surface area contributed by atoms with E-state index < -0.39 is 11.8 Å². The molecule has 0 bridgehead atoms. The zero-order chi connectivity index (χ0) is 26.2. The van der Waals surface area contributed by atoms with Crippen LogP contribution in [0.1, 0.15) is 40.4 Å². The first kappa shape index (κ1) is 24.8. The van der Waals surface area contributed by atoms with Crippen LogP contribution in [0, 0.1) is 5.82 Å². The van der Waals surface area contributed by atoms with Gasteiger partial charge in [-0.25, -0.2) is 14.2 Å². The third kappa shape index (κ3) is 4.74. The van der Waals surface area contributed by atoms with Crippen molar-refractivity contribution < 1.29 is 23.2 Å². The minimum Gasteiger partial charge on any atom is -0.496 e. The highest BCUT2D eigenvalue weighted by Gasteiger charge is 2.33. The molecular formula is C28H29FN4O4S. The summed E-state index contributed by atoms with van der Waals surface area (Å²) in [5.41, 5.74) is 3.52. The number of fused-ring (bicyclic) bond motifs is 1. The van der Waals surface area contributed by atoms with E-state index in [0.717, 1.165) is 79.9 Å². The number of halogens is 1. The number of benzene rings is 2. The molecule has 2 aromatic heterocycles. The van der Waals surface area contributed by atoms with Crippen molar-refractivity contribution >= 4 is 32.7 Å². The SMILES string of the molecule is COC(=O)c1cc(F)c2nc(N3CCN(CCc4c(-c5ccccc5OC)noc4C4CC4)CC3)sc2c1. The van der Waals surface area contributed by atoms with Gasteiger partial charge in [-0.15, -0.1) is 0 Å². The number of hydrogen-bond acceptors (Lipinski definition) is 9. The summed E-state index contributed by atoms with van der Waals surface area (Å²) in [6.07, 6.45) is 3.15. The van der Waals surface area contributed by atoms with Gasteiger partial charge in [0.15, 0.2) is 10.9 Å². The molecule has 198 valence electrons. The highest BCUT2D eigenvalue weighted by atomic mass is 32.1. The number of nitrogens with zero attached hydrogens (tertiary/aromatic N) is 4. The Kier molecular flexibility index (Phi) is 6.75. The molecule has 1 aliphatic carbocycles. The summed E-state index contributed by atoms with van der Waals surface area (Å²) in [7, 11) is 2.97. The van der Waals surface area contributed by atoms with E-state index in [9.17, 15) is 9.18 Å². The number of methoxy groups -OCH3 is 2. The molecule has 0 atom stereocenters. The van der Waals surface area contributed by atoms with Gasteiger partial charge in [0.05, 0.1) is 24.5 Å². The third-order valence-electron chi connectivity index (χ3n) is 7.31. The summed E-state index contributed by atoms with van der Waals surface area (Å²) in [6.45, 7) is 4.24. The molecule has 0 spiro atoms. The van der Waals surface area contributed by atoms with Gasteiger partial charge in [-0.1, -0.05) is 28.6 Å². The number of carbonyl (C=O) groups is 1. The number of esters is 1. The van der Waals surface area contributed by atoms with Crippen molar-refractivity contribution in [3.8, 4) is 17.0 Å². The predicted octanol–water partition coefficient (Wildman–Crippen LogP) is 5.13. The number of thiazole rings is 1. The molecule has 0 radical (unpaired) electrons. The Morgan fingerprint density at radius 2 is 1.95 bits per heavy atom. The van der Waals surface area contributed by atoms with E-state index in [0.29, 0.717) is 16.1 Å². The summed E-state index contributed by atoms with van der Waals surface area (Å²) < 4.78 is 31.4. The monoisotopic (exact) mass is 536 g/mol. The number of aromatic nitrogens is 2. The molecule has 0 N–H and O–H groups in total. The quantitative estimate of drug-likeness (QED) is 0.287. The van der Waals surface area contributed by atoms with Crippen LogP contribution in [-0.4, -0.2) is 68.0 Å². The zero-order valence-corrected chi connectivity index (χ0v) is 22.2. The van der Waals surface area contributed by atoms with Crippen LogP contribution < -0.4 is 9.64 Å². The number of hydrogen-bond donors (Lipinski definition) is 0. The molecule has 10 heteroatoms. The van der Waals surface area contributed by atoms with Crippen LogP contribution in [0.4, 0.5) is 9.52 Å². The molecule has 8 nitrogen and oxygen atoms in total. The molecule has 1 aliphatic heterocycles. The molecule has 6 rings (SSSR count). The van der Waals surface area contributed by atoms with Gasteiger partial charge < -0.3 is 18.9 Å². The van der Waals surface area contributed by atoms with Crippen LogP contribution in [-0.2, 0) is 11.2 Å². The molecular weight excluding hydrogens is 507 g/mol. The maximum Gasteiger partial charge on any atom is 0.338 e. The second-order valence-electron chi connectivity index (χ2n) is 9.72. The van der Waals surface area contributed by atoms with E-state index >= 15 is 0 Å². The molecule has 4 aromatic rings. The molecule has 38 heavy (non-hydrogen) atoms. The van der Waals surface area contributed by atoms with Gasteiger partial charge in [0.2, 0.25) is 0 Å². The second kappa shape index (κ2) is 10.3. The first-order chi connectivity index (χ1) is 18.6. The van der Waals surface area contributed by atoms with E-state index in [2.05, 4.69) is 19.9 Å². The first-order valence-corrected chi connectivity index (χ1v) is 13.6. The van der Waals surface area contributed by atoms with Gasteiger partial charge in [0, 0.05) is 49.8 Å². The van der Waals surface area contributed by atoms with Crippen molar-refractivity contribution in [2.45, 2.75) is 25.2 Å².